The van der Waals surface area contributed by atoms with Crippen LogP contribution in [0, 0.1) is 29.6 Å². The minimum Gasteiger partial charge on any atom is -0.365 e. The highest BCUT2D eigenvalue weighted by molar-refractivity contribution is 5.97. The number of epoxide rings is 1. The van der Waals surface area contributed by atoms with Crippen molar-refractivity contribution in [3.63, 3.8) is 0 Å². The van der Waals surface area contributed by atoms with E-state index in [-0.39, 0.29) is 53.1 Å². The monoisotopic (exact) mass is 511 g/mol. The van der Waals surface area contributed by atoms with Gasteiger partial charge in [0.15, 0.2) is 5.78 Å². The zero-order valence-corrected chi connectivity index (χ0v) is 22.6. The Balaban J connectivity index is 1.38. The summed E-state index contributed by atoms with van der Waals surface area (Å²) in [6, 6.07) is 12.2. The molecule has 2 bridgehead atoms. The number of rotatable bonds is 2. The molecule has 6 heteroatoms. The van der Waals surface area contributed by atoms with Crippen LogP contribution in [0.2, 0.25) is 0 Å². The highest BCUT2D eigenvalue weighted by Crippen LogP contribution is 2.66. The molecule has 5 heterocycles. The number of carbonyl (C=O) groups is 2. The van der Waals surface area contributed by atoms with E-state index in [0.717, 1.165) is 30.5 Å². The molecule has 9 atom stereocenters. The van der Waals surface area contributed by atoms with Crippen LogP contribution in [0.3, 0.4) is 0 Å². The third-order valence-corrected chi connectivity index (χ3v) is 10.4. The van der Waals surface area contributed by atoms with E-state index in [1.54, 1.807) is 0 Å². The highest BCUT2D eigenvalue weighted by atomic mass is 16.6. The number of Topliss-reactive ketones (excluding diaryl/α,β-unsaturated/α-hetero) is 1. The van der Waals surface area contributed by atoms with E-state index >= 15 is 0 Å². The molecule has 1 aliphatic carbocycles. The number of H-pyrrole nitrogens is 2. The Hall–Kier alpha value is -3.12. The van der Waals surface area contributed by atoms with Crippen LogP contribution in [0.25, 0.3) is 10.9 Å². The SMILES string of the molecule is CC1CC=CC2C3OC3(C)C(C)C3C(Cc4c[nH]c5ccccc45)NC(=O)C23c2ccc([nH]2)C(=O)C(C)C1. The van der Waals surface area contributed by atoms with Crippen molar-refractivity contribution in [2.24, 2.45) is 29.6 Å². The highest BCUT2D eigenvalue weighted by Gasteiger charge is 2.77. The van der Waals surface area contributed by atoms with Crippen LogP contribution in [0.1, 0.15) is 62.3 Å². The predicted octanol–water partition coefficient (Wildman–Crippen LogP) is 5.32. The summed E-state index contributed by atoms with van der Waals surface area (Å²) >= 11 is 0. The first-order chi connectivity index (χ1) is 18.2. The molecular formula is C32H37N3O3. The number of aromatic amines is 2. The molecule has 3 N–H and O–H groups in total. The van der Waals surface area contributed by atoms with Crippen molar-refractivity contribution in [3.8, 4) is 0 Å². The Morgan fingerprint density at radius 3 is 2.74 bits per heavy atom. The number of carbonyl (C=O) groups excluding carboxylic acids is 2. The number of allylic oxidation sites excluding steroid dienone is 1. The molecule has 7 rings (SSSR count). The van der Waals surface area contributed by atoms with Gasteiger partial charge in [-0.25, -0.2) is 0 Å². The van der Waals surface area contributed by atoms with Crippen LogP contribution in [0.5, 0.6) is 0 Å². The minimum atomic E-state index is -0.822. The number of nitrogens with one attached hydrogen (secondary N) is 3. The fourth-order valence-corrected chi connectivity index (χ4v) is 8.35. The first-order valence-corrected chi connectivity index (χ1v) is 14.2. The summed E-state index contributed by atoms with van der Waals surface area (Å²) in [6.07, 6.45) is 9.05. The summed E-state index contributed by atoms with van der Waals surface area (Å²) in [5.41, 5.74) is 2.70. The van der Waals surface area contributed by atoms with Crippen LogP contribution >= 0.6 is 0 Å². The van der Waals surface area contributed by atoms with E-state index in [0.29, 0.717) is 11.6 Å². The van der Waals surface area contributed by atoms with Gasteiger partial charge in [0.05, 0.1) is 17.4 Å². The average Bonchev–Trinajstić information content (AvgIpc) is 3.23. The Kier molecular flexibility index (Phi) is 5.16. The van der Waals surface area contributed by atoms with Gasteiger partial charge in [0.25, 0.3) is 0 Å². The second kappa shape index (κ2) is 8.19. The maximum Gasteiger partial charge on any atom is 0.233 e. The van der Waals surface area contributed by atoms with Gasteiger partial charge in [-0.2, -0.15) is 0 Å². The third kappa shape index (κ3) is 3.16. The number of para-hydroxylation sites is 1. The molecule has 1 saturated carbocycles. The van der Waals surface area contributed by atoms with Crippen molar-refractivity contribution in [1.29, 1.82) is 0 Å². The summed E-state index contributed by atoms with van der Waals surface area (Å²) < 4.78 is 6.50. The van der Waals surface area contributed by atoms with E-state index < -0.39 is 5.41 Å². The number of fused-ring (bicyclic) bond motifs is 5. The van der Waals surface area contributed by atoms with E-state index in [2.05, 4.69) is 72.6 Å². The molecule has 38 heavy (non-hydrogen) atoms. The summed E-state index contributed by atoms with van der Waals surface area (Å²) in [7, 11) is 0. The Morgan fingerprint density at radius 1 is 1.08 bits per heavy atom. The smallest absolute Gasteiger partial charge is 0.233 e. The van der Waals surface area contributed by atoms with E-state index in [1.807, 2.05) is 25.1 Å². The summed E-state index contributed by atoms with van der Waals surface area (Å²) in [5.74, 6) is 0.536. The quantitative estimate of drug-likeness (QED) is 0.321. The molecule has 2 aromatic heterocycles. The number of ether oxygens (including phenoxy) is 1. The predicted molar refractivity (Wildman–Crippen MR) is 147 cm³/mol. The fourth-order valence-electron chi connectivity index (χ4n) is 8.35. The van der Waals surface area contributed by atoms with Crippen LogP contribution in [0.4, 0.5) is 0 Å². The largest absolute Gasteiger partial charge is 0.365 e. The van der Waals surface area contributed by atoms with Gasteiger partial charge in [-0.15, -0.1) is 0 Å². The second-order valence-corrected chi connectivity index (χ2v) is 12.6. The number of amides is 1. The van der Waals surface area contributed by atoms with Gasteiger partial charge >= 0.3 is 0 Å². The zero-order chi connectivity index (χ0) is 26.4. The molecule has 2 saturated heterocycles. The molecule has 3 aliphatic heterocycles. The number of benzene rings is 1. The van der Waals surface area contributed by atoms with E-state index in [1.165, 1.54) is 10.9 Å². The second-order valence-electron chi connectivity index (χ2n) is 12.6. The van der Waals surface area contributed by atoms with E-state index in [4.69, 9.17) is 4.74 Å². The maximum absolute atomic E-state index is 14.4. The third-order valence-electron chi connectivity index (χ3n) is 10.4. The average molecular weight is 512 g/mol. The molecule has 3 fully saturated rings. The lowest BCUT2D eigenvalue weighted by Gasteiger charge is -2.46. The first-order valence-electron chi connectivity index (χ1n) is 14.2. The fraction of sp³-hybridized carbons (Fsp3) is 0.500. The molecule has 6 nitrogen and oxygen atoms in total. The molecule has 1 spiro atoms. The van der Waals surface area contributed by atoms with Gasteiger partial charge in [0.2, 0.25) is 5.91 Å². The van der Waals surface area contributed by atoms with Crippen LogP contribution in [0.15, 0.2) is 54.7 Å². The van der Waals surface area contributed by atoms with Gasteiger partial charge in [-0.1, -0.05) is 51.1 Å². The normalized spacial score (nSPS) is 40.1. The molecular weight excluding hydrogens is 474 g/mol. The summed E-state index contributed by atoms with van der Waals surface area (Å²) in [6.45, 7) is 8.70. The molecule has 9 unspecified atom stereocenters. The van der Waals surface area contributed by atoms with Crippen molar-refractivity contribution in [2.45, 2.75) is 70.1 Å². The minimum absolute atomic E-state index is 0.00134. The topological polar surface area (TPSA) is 90.3 Å². The van der Waals surface area contributed by atoms with Crippen LogP contribution in [-0.4, -0.2) is 39.4 Å². The Bertz CT molecular complexity index is 1470. The van der Waals surface area contributed by atoms with Crippen LogP contribution < -0.4 is 5.32 Å². The maximum atomic E-state index is 14.4. The van der Waals surface area contributed by atoms with Crippen LogP contribution in [-0.2, 0) is 21.4 Å². The standard InChI is InChI=1S/C32H37N3O3/c1-17-8-7-10-22-29-31(4,38-29)19(3)27-25(15-20-16-33-23-11-6-5-9-21(20)23)35-30(37)32(22,27)26-13-12-24(34-26)28(36)18(2)14-17/h5-7,9-13,16-19,22,25,27,29,33-34H,8,14-15H2,1-4H3,(H,35,37). The molecule has 1 aromatic carbocycles. The van der Waals surface area contributed by atoms with Gasteiger partial charge in [-0.05, 0) is 61.8 Å². The van der Waals surface area contributed by atoms with Crippen molar-refractivity contribution < 1.29 is 14.3 Å². The Morgan fingerprint density at radius 2 is 1.89 bits per heavy atom. The lowest BCUT2D eigenvalue weighted by molar-refractivity contribution is -0.127. The first kappa shape index (κ1) is 24.0. The lowest BCUT2D eigenvalue weighted by atomic mass is 9.52. The van der Waals surface area contributed by atoms with Gasteiger partial charge in [0.1, 0.15) is 5.41 Å². The van der Waals surface area contributed by atoms with Crippen molar-refractivity contribution in [2.75, 3.05) is 0 Å². The zero-order valence-electron chi connectivity index (χ0n) is 22.6. The molecule has 4 aliphatic rings. The summed E-state index contributed by atoms with van der Waals surface area (Å²) in [4.78, 5) is 34.7. The molecule has 1 amide bonds. The van der Waals surface area contributed by atoms with Gasteiger partial charge in [-0.3, -0.25) is 9.59 Å². The van der Waals surface area contributed by atoms with Gasteiger partial charge in [0, 0.05) is 46.6 Å². The Labute approximate surface area is 223 Å². The molecule has 0 radical (unpaired) electrons. The van der Waals surface area contributed by atoms with Crippen molar-refractivity contribution in [3.05, 3.63) is 71.7 Å². The lowest BCUT2D eigenvalue weighted by Crippen LogP contribution is -2.57. The van der Waals surface area contributed by atoms with E-state index in [9.17, 15) is 9.59 Å². The number of hydrogen-bond donors (Lipinski definition) is 3. The molecule has 198 valence electrons. The number of aromatic nitrogens is 2. The number of hydrogen-bond acceptors (Lipinski definition) is 3. The summed E-state index contributed by atoms with van der Waals surface area (Å²) in [5, 5.41) is 4.67. The number of ketones is 1. The van der Waals surface area contributed by atoms with Gasteiger partial charge < -0.3 is 20.0 Å². The van der Waals surface area contributed by atoms with Crippen molar-refractivity contribution in [1.82, 2.24) is 15.3 Å². The molecule has 3 aromatic rings. The van der Waals surface area contributed by atoms with Crippen molar-refractivity contribution >= 4 is 22.6 Å².